The lowest BCUT2D eigenvalue weighted by atomic mass is 10.2. The topological polar surface area (TPSA) is 84.9 Å². The van der Waals surface area contributed by atoms with Crippen molar-refractivity contribution in [3.05, 3.63) is 46.4 Å². The van der Waals surface area contributed by atoms with Crippen LogP contribution >= 0.6 is 23.2 Å². The highest BCUT2D eigenvalue weighted by Gasteiger charge is 2.24. The Bertz CT molecular complexity index is 965. The van der Waals surface area contributed by atoms with E-state index in [-0.39, 0.29) is 22.5 Å². The minimum Gasteiger partial charge on any atom is -0.454 e. The molecule has 0 fully saturated rings. The smallest absolute Gasteiger partial charge is 0.245 e. The average molecular weight is 417 g/mol. The van der Waals surface area contributed by atoms with Gasteiger partial charge in [0.15, 0.2) is 11.5 Å². The van der Waals surface area contributed by atoms with Crippen LogP contribution in [0.4, 0.5) is 11.4 Å². The molecule has 2 aromatic rings. The quantitative estimate of drug-likeness (QED) is 0.808. The second-order valence-electron chi connectivity index (χ2n) is 5.46. The standard InChI is InChI=1S/C16H14Cl2N2O5S/c1-26(22,23)20(10-5-6-13-14(7-10)25-9-24-13)8-15(21)19-12-4-2-3-11(17)16(12)18/h2-7H,8-9H2,1H3,(H,19,21). The van der Waals surface area contributed by atoms with Gasteiger partial charge in [0.2, 0.25) is 22.7 Å². The first-order chi connectivity index (χ1) is 12.3. The summed E-state index contributed by atoms with van der Waals surface area (Å²) in [6.45, 7) is -0.382. The number of anilines is 2. The molecular weight excluding hydrogens is 403 g/mol. The number of nitrogens with one attached hydrogen (secondary N) is 1. The Morgan fingerprint density at radius 2 is 1.92 bits per heavy atom. The number of hydrogen-bond acceptors (Lipinski definition) is 5. The number of benzene rings is 2. The van der Waals surface area contributed by atoms with E-state index in [0.717, 1.165) is 10.6 Å². The van der Waals surface area contributed by atoms with Crippen LogP contribution < -0.4 is 19.1 Å². The van der Waals surface area contributed by atoms with Crippen molar-refractivity contribution in [3.63, 3.8) is 0 Å². The van der Waals surface area contributed by atoms with Gasteiger partial charge in [-0.3, -0.25) is 9.10 Å². The van der Waals surface area contributed by atoms with Gasteiger partial charge in [0.25, 0.3) is 0 Å². The summed E-state index contributed by atoms with van der Waals surface area (Å²) < 4.78 is 35.8. The molecule has 1 aliphatic rings. The summed E-state index contributed by atoms with van der Waals surface area (Å²) >= 11 is 11.9. The van der Waals surface area contributed by atoms with E-state index < -0.39 is 22.5 Å². The van der Waals surface area contributed by atoms with Crippen LogP contribution in [0.2, 0.25) is 10.0 Å². The number of sulfonamides is 1. The zero-order chi connectivity index (χ0) is 18.9. The van der Waals surface area contributed by atoms with E-state index in [9.17, 15) is 13.2 Å². The molecule has 1 amide bonds. The minimum atomic E-state index is -3.72. The fourth-order valence-corrected chi connectivity index (χ4v) is 3.56. The van der Waals surface area contributed by atoms with Crippen LogP contribution in [0.3, 0.4) is 0 Å². The molecule has 0 aliphatic carbocycles. The van der Waals surface area contributed by atoms with Crippen LogP contribution in [0.15, 0.2) is 36.4 Å². The van der Waals surface area contributed by atoms with Crippen LogP contribution in [-0.2, 0) is 14.8 Å². The molecular formula is C16H14Cl2N2O5S. The summed E-state index contributed by atoms with van der Waals surface area (Å²) in [6, 6.07) is 9.39. The molecule has 0 aromatic heterocycles. The third-order valence-corrected chi connectivity index (χ3v) is 5.52. The molecule has 0 atom stereocenters. The van der Waals surface area contributed by atoms with Gasteiger partial charge in [-0.05, 0) is 24.3 Å². The molecule has 0 saturated heterocycles. The van der Waals surface area contributed by atoms with E-state index in [2.05, 4.69) is 5.32 Å². The SMILES string of the molecule is CS(=O)(=O)N(CC(=O)Nc1cccc(Cl)c1Cl)c1ccc2c(c1)OCO2. The van der Waals surface area contributed by atoms with Gasteiger partial charge in [0.05, 0.1) is 27.7 Å². The first-order valence-corrected chi connectivity index (χ1v) is 9.97. The Kier molecular flexibility index (Phi) is 5.17. The lowest BCUT2D eigenvalue weighted by Crippen LogP contribution is -2.37. The largest absolute Gasteiger partial charge is 0.454 e. The van der Waals surface area contributed by atoms with Crippen molar-refractivity contribution in [2.45, 2.75) is 0 Å². The summed E-state index contributed by atoms with van der Waals surface area (Å²) in [5, 5.41) is 3.01. The van der Waals surface area contributed by atoms with E-state index in [1.54, 1.807) is 24.3 Å². The van der Waals surface area contributed by atoms with E-state index in [1.165, 1.54) is 12.1 Å². The molecule has 0 bridgehead atoms. The number of fused-ring (bicyclic) bond motifs is 1. The third kappa shape index (κ3) is 3.98. The number of nitrogens with zero attached hydrogens (tertiary/aromatic N) is 1. The predicted molar refractivity (Wildman–Crippen MR) is 99.8 cm³/mol. The van der Waals surface area contributed by atoms with Gasteiger partial charge in [-0.25, -0.2) is 8.42 Å². The van der Waals surface area contributed by atoms with Crippen LogP contribution in [0.1, 0.15) is 0 Å². The molecule has 2 aromatic carbocycles. The molecule has 1 heterocycles. The lowest BCUT2D eigenvalue weighted by molar-refractivity contribution is -0.114. The highest BCUT2D eigenvalue weighted by Crippen LogP contribution is 2.36. The van der Waals surface area contributed by atoms with Crippen molar-refractivity contribution < 1.29 is 22.7 Å². The fourth-order valence-electron chi connectivity index (χ4n) is 2.36. The molecule has 0 spiro atoms. The number of halogens is 2. The second kappa shape index (κ2) is 7.22. The van der Waals surface area contributed by atoms with Crippen molar-refractivity contribution in [3.8, 4) is 11.5 Å². The van der Waals surface area contributed by atoms with E-state index in [0.29, 0.717) is 17.2 Å². The molecule has 0 saturated carbocycles. The van der Waals surface area contributed by atoms with Crippen molar-refractivity contribution in [1.82, 2.24) is 0 Å². The van der Waals surface area contributed by atoms with Gasteiger partial charge in [0.1, 0.15) is 6.54 Å². The van der Waals surface area contributed by atoms with Crippen LogP contribution in [-0.4, -0.2) is 33.9 Å². The number of hydrogen-bond donors (Lipinski definition) is 1. The minimum absolute atomic E-state index is 0.0609. The third-order valence-electron chi connectivity index (χ3n) is 3.56. The van der Waals surface area contributed by atoms with Gasteiger partial charge >= 0.3 is 0 Å². The number of carbonyl (C=O) groups excluding carboxylic acids is 1. The molecule has 3 rings (SSSR count). The zero-order valence-electron chi connectivity index (χ0n) is 13.5. The molecule has 26 heavy (non-hydrogen) atoms. The van der Waals surface area contributed by atoms with E-state index in [4.69, 9.17) is 32.7 Å². The summed E-state index contributed by atoms with van der Waals surface area (Å²) in [5.74, 6) is 0.351. The second-order valence-corrected chi connectivity index (χ2v) is 8.15. The maximum absolute atomic E-state index is 12.4. The zero-order valence-corrected chi connectivity index (χ0v) is 15.9. The van der Waals surface area contributed by atoms with Crippen LogP contribution in [0.25, 0.3) is 0 Å². The van der Waals surface area contributed by atoms with Gasteiger partial charge in [-0.15, -0.1) is 0 Å². The van der Waals surface area contributed by atoms with Gasteiger partial charge in [-0.1, -0.05) is 29.3 Å². The highest BCUT2D eigenvalue weighted by molar-refractivity contribution is 7.92. The molecule has 7 nitrogen and oxygen atoms in total. The van der Waals surface area contributed by atoms with Crippen molar-refractivity contribution in [2.75, 3.05) is 29.2 Å². The Morgan fingerprint density at radius 1 is 1.19 bits per heavy atom. The van der Waals surface area contributed by atoms with Crippen LogP contribution in [0, 0.1) is 0 Å². The Balaban J connectivity index is 1.83. The predicted octanol–water partition coefficient (Wildman–Crippen LogP) is 3.13. The maximum atomic E-state index is 12.4. The summed E-state index contributed by atoms with van der Waals surface area (Å²) in [4.78, 5) is 12.4. The summed E-state index contributed by atoms with van der Waals surface area (Å²) in [7, 11) is -3.72. The fraction of sp³-hybridized carbons (Fsp3) is 0.188. The van der Waals surface area contributed by atoms with Crippen molar-refractivity contribution in [1.29, 1.82) is 0 Å². The highest BCUT2D eigenvalue weighted by atomic mass is 35.5. The molecule has 1 N–H and O–H groups in total. The van der Waals surface area contributed by atoms with E-state index >= 15 is 0 Å². The Hall–Kier alpha value is -2.16. The monoisotopic (exact) mass is 416 g/mol. The molecule has 138 valence electrons. The number of carbonyl (C=O) groups is 1. The normalized spacial score (nSPS) is 12.7. The van der Waals surface area contributed by atoms with Crippen molar-refractivity contribution in [2.24, 2.45) is 0 Å². The average Bonchev–Trinajstić information content (AvgIpc) is 3.03. The van der Waals surface area contributed by atoms with Gasteiger partial charge in [-0.2, -0.15) is 0 Å². The molecule has 0 unspecified atom stereocenters. The molecule has 0 radical (unpaired) electrons. The Labute approximate surface area is 160 Å². The first-order valence-electron chi connectivity index (χ1n) is 7.37. The Morgan fingerprint density at radius 3 is 2.65 bits per heavy atom. The number of ether oxygens (including phenoxy) is 2. The number of amides is 1. The van der Waals surface area contributed by atoms with E-state index in [1.807, 2.05) is 0 Å². The lowest BCUT2D eigenvalue weighted by Gasteiger charge is -2.22. The first kappa shape index (κ1) is 18.6. The summed E-state index contributed by atoms with van der Waals surface area (Å²) in [5.41, 5.74) is 0.576. The number of rotatable bonds is 5. The maximum Gasteiger partial charge on any atom is 0.245 e. The summed E-state index contributed by atoms with van der Waals surface area (Å²) in [6.07, 6.45) is 1.01. The molecule has 1 aliphatic heterocycles. The van der Waals surface area contributed by atoms with Crippen molar-refractivity contribution >= 4 is 50.5 Å². The van der Waals surface area contributed by atoms with Gasteiger partial charge in [0, 0.05) is 6.07 Å². The van der Waals surface area contributed by atoms with Crippen LogP contribution in [0.5, 0.6) is 11.5 Å². The molecule has 10 heteroatoms. The van der Waals surface area contributed by atoms with Gasteiger partial charge < -0.3 is 14.8 Å².